The van der Waals surface area contributed by atoms with Crippen molar-refractivity contribution < 1.29 is 32.4 Å². The van der Waals surface area contributed by atoms with E-state index in [1.807, 2.05) is 34.6 Å². The lowest BCUT2D eigenvalue weighted by molar-refractivity contribution is -0.143. The average Bonchev–Trinajstić information content (AvgIpc) is 3.62. The van der Waals surface area contributed by atoms with E-state index in [-0.39, 0.29) is 30.1 Å². The maximum absolute atomic E-state index is 14.3. The fraction of sp³-hybridized carbons (Fsp3) is 0.848. The van der Waals surface area contributed by atoms with Crippen LogP contribution in [0.3, 0.4) is 0 Å². The highest BCUT2D eigenvalue weighted by Gasteiger charge is 2.48. The number of carbonyl (C=O) groups excluding carboxylic acids is 5. The number of ketones is 1. The molecule has 1 aliphatic heterocycles. The summed E-state index contributed by atoms with van der Waals surface area (Å²) in [4.78, 5) is 67.5. The molecule has 2 saturated carbocycles. The predicted octanol–water partition coefficient (Wildman–Crippen LogP) is 2.83. The van der Waals surface area contributed by atoms with Gasteiger partial charge in [-0.3, -0.25) is 19.2 Å². The van der Waals surface area contributed by atoms with Gasteiger partial charge in [0.25, 0.3) is 5.91 Å². The zero-order valence-corrected chi connectivity index (χ0v) is 29.8. The van der Waals surface area contributed by atoms with Crippen LogP contribution in [0.4, 0.5) is 4.79 Å². The Morgan fingerprint density at radius 1 is 0.935 bits per heavy atom. The Balaban J connectivity index is 1.85. The van der Waals surface area contributed by atoms with Crippen LogP contribution in [0, 0.1) is 23.2 Å². The minimum atomic E-state index is -3.56. The van der Waals surface area contributed by atoms with Crippen LogP contribution in [0.2, 0.25) is 0 Å². The molecular weight excluding hydrogens is 610 g/mol. The number of rotatable bonds is 12. The first-order valence-electron chi connectivity index (χ1n) is 16.8. The molecule has 4 atom stereocenters. The molecule has 262 valence electrons. The number of nitrogens with two attached hydrogens (primary N) is 1. The normalized spacial score (nSPS) is 23.4. The quantitative estimate of drug-likeness (QED) is 0.231. The minimum Gasteiger partial charge on any atom is -0.363 e. The van der Waals surface area contributed by atoms with E-state index in [2.05, 4.69) is 16.0 Å². The van der Waals surface area contributed by atoms with Crippen molar-refractivity contribution >= 4 is 39.4 Å². The van der Waals surface area contributed by atoms with Crippen LogP contribution < -0.4 is 21.7 Å². The van der Waals surface area contributed by atoms with Crippen LogP contribution in [0.25, 0.3) is 0 Å². The molecule has 1 saturated heterocycles. The molecule has 12 nitrogen and oxygen atoms in total. The molecule has 3 rings (SSSR count). The highest BCUT2D eigenvalue weighted by atomic mass is 32.2. The number of likely N-dealkylation sites (tertiary alicyclic amines) is 1. The van der Waals surface area contributed by atoms with Gasteiger partial charge in [0.05, 0.1) is 22.1 Å². The molecule has 3 fully saturated rings. The van der Waals surface area contributed by atoms with Crippen LogP contribution in [0.5, 0.6) is 0 Å². The first kappa shape index (κ1) is 37.8. The number of amides is 5. The van der Waals surface area contributed by atoms with Crippen molar-refractivity contribution in [3.8, 4) is 0 Å². The molecule has 2 aliphatic carbocycles. The molecule has 13 heteroatoms. The molecule has 0 bridgehead atoms. The van der Waals surface area contributed by atoms with Gasteiger partial charge in [-0.1, -0.05) is 66.7 Å². The third-order valence-corrected chi connectivity index (χ3v) is 12.8. The number of urea groups is 1. The van der Waals surface area contributed by atoms with Crippen LogP contribution in [0.1, 0.15) is 113 Å². The van der Waals surface area contributed by atoms with E-state index in [4.69, 9.17) is 5.73 Å². The number of nitrogens with one attached hydrogen (secondary N) is 3. The van der Waals surface area contributed by atoms with Gasteiger partial charge in [-0.2, -0.15) is 0 Å². The fourth-order valence-electron chi connectivity index (χ4n) is 6.54. The summed E-state index contributed by atoms with van der Waals surface area (Å²) in [5, 5.41) is 8.57. The first-order chi connectivity index (χ1) is 21.1. The molecule has 0 aromatic rings. The lowest BCUT2D eigenvalue weighted by atomic mass is 9.83. The summed E-state index contributed by atoms with van der Waals surface area (Å²) in [7, 11) is -3.56. The van der Waals surface area contributed by atoms with Crippen LogP contribution in [-0.4, -0.2) is 83.6 Å². The largest absolute Gasteiger partial charge is 0.363 e. The monoisotopic (exact) mass is 667 g/mol. The van der Waals surface area contributed by atoms with Gasteiger partial charge in [0.2, 0.25) is 17.6 Å². The highest BCUT2D eigenvalue weighted by molar-refractivity contribution is 7.92. The maximum atomic E-state index is 14.3. The third kappa shape index (κ3) is 9.44. The van der Waals surface area contributed by atoms with Crippen molar-refractivity contribution in [2.75, 3.05) is 12.3 Å². The Hall–Kier alpha value is -2.70. The lowest BCUT2D eigenvalue weighted by Gasteiger charge is -2.41. The van der Waals surface area contributed by atoms with Gasteiger partial charge < -0.3 is 26.6 Å². The van der Waals surface area contributed by atoms with Gasteiger partial charge in [0.1, 0.15) is 12.1 Å². The zero-order chi connectivity index (χ0) is 34.8. The molecule has 0 aromatic heterocycles. The number of Topliss-reactive ketones (excluding diaryl/α,β-unsaturated/α-hetero) is 1. The van der Waals surface area contributed by atoms with Gasteiger partial charge in [-0.05, 0) is 69.6 Å². The second kappa shape index (κ2) is 14.2. The molecule has 0 radical (unpaired) electrons. The average molecular weight is 668 g/mol. The minimum absolute atomic E-state index is 0.00372. The van der Waals surface area contributed by atoms with E-state index in [0.717, 1.165) is 32.1 Å². The smallest absolute Gasteiger partial charge is 0.315 e. The predicted molar refractivity (Wildman–Crippen MR) is 176 cm³/mol. The Kier molecular flexibility index (Phi) is 11.6. The van der Waals surface area contributed by atoms with Crippen LogP contribution >= 0.6 is 0 Å². The molecule has 0 aromatic carbocycles. The summed E-state index contributed by atoms with van der Waals surface area (Å²) in [6, 6.07) is -3.62. The molecule has 46 heavy (non-hydrogen) atoms. The molecule has 3 aliphatic rings. The standard InChI is InChI=1S/C33H57N5O7S/c1-20(2)22-17-24(28(41)35-23(16-21-12-13-21)25(39)27(34)40)38(18-22)29(42)26(31(3,4)5)36-30(43)37-33(14-10-9-11-15-33)19-46(44,45)32(6,7)8/h20-24,26H,9-19H2,1-8H3,(H2,34,40)(H,35,41)(H2,36,37,43)/t22-,23?,24+,26-/m1/s1. The molecule has 5 amide bonds. The number of hydrogen-bond acceptors (Lipinski definition) is 7. The van der Waals surface area contributed by atoms with Crippen molar-refractivity contribution in [3.63, 3.8) is 0 Å². The fourth-order valence-corrected chi connectivity index (χ4v) is 8.06. The second-order valence-corrected chi connectivity index (χ2v) is 19.1. The van der Waals surface area contributed by atoms with E-state index >= 15 is 0 Å². The maximum Gasteiger partial charge on any atom is 0.315 e. The van der Waals surface area contributed by atoms with E-state index in [1.165, 1.54) is 4.90 Å². The first-order valence-corrected chi connectivity index (χ1v) is 18.5. The number of nitrogens with zero attached hydrogens (tertiary/aromatic N) is 1. The summed E-state index contributed by atoms with van der Waals surface area (Å²) in [5.41, 5.74) is 3.56. The summed E-state index contributed by atoms with van der Waals surface area (Å²) < 4.78 is 25.5. The lowest BCUT2D eigenvalue weighted by Crippen LogP contribution is -2.63. The van der Waals surface area contributed by atoms with Crippen molar-refractivity contribution in [3.05, 3.63) is 0 Å². The highest BCUT2D eigenvalue weighted by Crippen LogP contribution is 2.36. The van der Waals surface area contributed by atoms with Crippen molar-refractivity contribution in [2.45, 2.75) is 142 Å². The number of hydrogen-bond donors (Lipinski definition) is 4. The summed E-state index contributed by atoms with van der Waals surface area (Å²) in [6.45, 7) is 14.7. The Morgan fingerprint density at radius 2 is 1.52 bits per heavy atom. The van der Waals surface area contributed by atoms with E-state index in [9.17, 15) is 32.4 Å². The third-order valence-electron chi connectivity index (χ3n) is 9.98. The van der Waals surface area contributed by atoms with Gasteiger partial charge in [0, 0.05) is 6.54 Å². The number of sulfone groups is 1. The zero-order valence-electron chi connectivity index (χ0n) is 29.0. The van der Waals surface area contributed by atoms with Gasteiger partial charge in [-0.15, -0.1) is 0 Å². The Labute approximate surface area is 275 Å². The van der Waals surface area contributed by atoms with Crippen LogP contribution in [0.15, 0.2) is 0 Å². The molecule has 1 unspecified atom stereocenters. The van der Waals surface area contributed by atoms with E-state index in [0.29, 0.717) is 25.7 Å². The Bertz CT molecular complexity index is 1270. The topological polar surface area (TPSA) is 185 Å². The van der Waals surface area contributed by atoms with Crippen molar-refractivity contribution in [2.24, 2.45) is 28.9 Å². The second-order valence-electron chi connectivity index (χ2n) is 16.3. The SMILES string of the molecule is CC(C)[C@@H]1C[C@@H](C(=O)NC(CC2CC2)C(=O)C(N)=O)N(C(=O)[C@@H](NC(=O)NC2(CS(=O)(=O)C(C)(C)C)CCCCC2)C(C)(C)C)C1. The molecule has 0 spiro atoms. The van der Waals surface area contributed by atoms with E-state index < -0.39 is 73.2 Å². The molecular formula is C33H57N5O7S. The molecule has 5 N–H and O–H groups in total. The summed E-state index contributed by atoms with van der Waals surface area (Å²) >= 11 is 0. The summed E-state index contributed by atoms with van der Waals surface area (Å²) in [5.74, 6) is -2.74. The molecule has 1 heterocycles. The Morgan fingerprint density at radius 3 is 2.00 bits per heavy atom. The number of carbonyl (C=O) groups is 5. The van der Waals surface area contributed by atoms with E-state index in [1.54, 1.807) is 20.8 Å². The number of primary amides is 1. The van der Waals surface area contributed by atoms with Gasteiger partial charge in [0.15, 0.2) is 9.84 Å². The van der Waals surface area contributed by atoms with Gasteiger partial charge in [-0.25, -0.2) is 13.2 Å². The van der Waals surface area contributed by atoms with Crippen molar-refractivity contribution in [1.82, 2.24) is 20.9 Å². The van der Waals surface area contributed by atoms with Gasteiger partial charge >= 0.3 is 6.03 Å². The van der Waals surface area contributed by atoms with Crippen LogP contribution in [-0.2, 0) is 29.0 Å². The summed E-state index contributed by atoms with van der Waals surface area (Å²) in [6.07, 6.45) is 6.05. The van der Waals surface area contributed by atoms with Crippen molar-refractivity contribution in [1.29, 1.82) is 0 Å².